The molecule has 0 saturated carbocycles. The van der Waals surface area contributed by atoms with E-state index < -0.39 is 0 Å². The van der Waals surface area contributed by atoms with Crippen molar-refractivity contribution in [2.45, 2.75) is 32.4 Å². The fourth-order valence-corrected chi connectivity index (χ4v) is 3.36. The minimum atomic E-state index is -0.181. The molecule has 1 aromatic heterocycles. The summed E-state index contributed by atoms with van der Waals surface area (Å²) in [6.45, 7) is 3.53. The van der Waals surface area contributed by atoms with Gasteiger partial charge < -0.3 is 5.32 Å². The molecule has 6 heteroatoms. The van der Waals surface area contributed by atoms with Crippen molar-refractivity contribution in [1.29, 1.82) is 0 Å². The molecule has 3 aromatic rings. The number of fused-ring (bicyclic) bond motifs is 1. The lowest BCUT2D eigenvalue weighted by Gasteiger charge is -2.31. The molecular formula is C20H21N5O. The first-order chi connectivity index (χ1) is 12.6. The zero-order valence-electron chi connectivity index (χ0n) is 14.8. The fraction of sp³-hybridized carbons (Fsp3) is 0.250. The number of anilines is 2. The number of amides is 1. The highest BCUT2D eigenvalue weighted by atomic mass is 16.1. The Balaban J connectivity index is 1.75. The average Bonchev–Trinajstić information content (AvgIpc) is 3.04. The van der Waals surface area contributed by atoms with E-state index in [-0.39, 0.29) is 18.0 Å². The van der Waals surface area contributed by atoms with E-state index in [0.717, 1.165) is 6.42 Å². The summed E-state index contributed by atoms with van der Waals surface area (Å²) < 4.78 is 1.87. The van der Waals surface area contributed by atoms with Gasteiger partial charge in [-0.1, -0.05) is 60.2 Å². The van der Waals surface area contributed by atoms with Gasteiger partial charge in [-0.2, -0.15) is 4.98 Å². The number of rotatable bonds is 3. The summed E-state index contributed by atoms with van der Waals surface area (Å²) in [6.07, 6.45) is 0.850. The van der Waals surface area contributed by atoms with Crippen LogP contribution >= 0.6 is 0 Å². The van der Waals surface area contributed by atoms with E-state index >= 15 is 0 Å². The van der Waals surface area contributed by atoms with E-state index in [1.165, 1.54) is 23.6 Å². The molecule has 0 unspecified atom stereocenters. The summed E-state index contributed by atoms with van der Waals surface area (Å²) in [7, 11) is 0. The van der Waals surface area contributed by atoms with E-state index in [2.05, 4.69) is 64.0 Å². The van der Waals surface area contributed by atoms with Crippen molar-refractivity contribution in [1.82, 2.24) is 14.8 Å². The number of carbonyl (C=O) groups excluding carboxylic acids is 1. The normalized spacial score (nSPS) is 18.7. The van der Waals surface area contributed by atoms with Gasteiger partial charge in [0, 0.05) is 6.92 Å². The van der Waals surface area contributed by atoms with Crippen LogP contribution in [-0.2, 0) is 4.79 Å². The topological polar surface area (TPSA) is 71.8 Å². The molecule has 0 aliphatic carbocycles. The van der Waals surface area contributed by atoms with Crippen molar-refractivity contribution in [3.63, 3.8) is 0 Å². The molecule has 0 radical (unpaired) electrons. The Morgan fingerprint density at radius 1 is 1.12 bits per heavy atom. The summed E-state index contributed by atoms with van der Waals surface area (Å²) in [5.41, 5.74) is 3.61. The summed E-state index contributed by atoms with van der Waals surface area (Å²) in [5, 5.41) is 10.6. The number of hydrogen-bond donors (Lipinski definition) is 2. The molecule has 2 heterocycles. The molecule has 0 spiro atoms. The van der Waals surface area contributed by atoms with Gasteiger partial charge in [-0.15, -0.1) is 5.10 Å². The van der Waals surface area contributed by atoms with Gasteiger partial charge in [-0.25, -0.2) is 4.68 Å². The van der Waals surface area contributed by atoms with Crippen LogP contribution in [0.4, 0.5) is 11.9 Å². The van der Waals surface area contributed by atoms with E-state index in [4.69, 9.17) is 0 Å². The quantitative estimate of drug-likeness (QED) is 0.758. The molecule has 0 saturated heterocycles. The van der Waals surface area contributed by atoms with E-state index in [1.807, 2.05) is 22.9 Å². The van der Waals surface area contributed by atoms with Crippen LogP contribution in [-0.4, -0.2) is 20.7 Å². The lowest BCUT2D eigenvalue weighted by Crippen LogP contribution is -2.28. The van der Waals surface area contributed by atoms with Crippen LogP contribution in [0.3, 0.4) is 0 Å². The molecule has 2 N–H and O–H groups in total. The van der Waals surface area contributed by atoms with Crippen molar-refractivity contribution in [3.05, 3.63) is 71.3 Å². The Labute approximate surface area is 152 Å². The zero-order chi connectivity index (χ0) is 18.1. The lowest BCUT2D eigenvalue weighted by molar-refractivity contribution is -0.114. The maximum absolute atomic E-state index is 11.4. The summed E-state index contributed by atoms with van der Waals surface area (Å²) in [4.78, 5) is 15.8. The van der Waals surface area contributed by atoms with Gasteiger partial charge in [0.2, 0.25) is 11.9 Å². The molecule has 132 valence electrons. The van der Waals surface area contributed by atoms with Crippen LogP contribution in [0, 0.1) is 6.92 Å². The molecular weight excluding hydrogens is 326 g/mol. The van der Waals surface area contributed by atoms with E-state index in [0.29, 0.717) is 11.9 Å². The van der Waals surface area contributed by atoms with E-state index in [9.17, 15) is 4.79 Å². The highest BCUT2D eigenvalue weighted by molar-refractivity contribution is 5.86. The minimum Gasteiger partial charge on any atom is -0.347 e. The van der Waals surface area contributed by atoms with Gasteiger partial charge in [0.25, 0.3) is 5.95 Å². The van der Waals surface area contributed by atoms with Gasteiger partial charge >= 0.3 is 0 Å². The molecule has 1 aliphatic heterocycles. The standard InChI is InChI=1S/C20H21N5O/c1-13-8-10-16(11-9-13)18-12-17(15-6-4-3-5-7-15)22-20-23-19(21-14(2)26)24-25(18)20/h3-11,17-18H,12H2,1-2H3,(H2,21,22,23,24,26)/t17-,18-/m1/s1. The van der Waals surface area contributed by atoms with Crippen LogP contribution < -0.4 is 10.6 Å². The van der Waals surface area contributed by atoms with Gasteiger partial charge in [0.1, 0.15) is 0 Å². The summed E-state index contributed by atoms with van der Waals surface area (Å²) >= 11 is 0. The average molecular weight is 347 g/mol. The molecule has 6 nitrogen and oxygen atoms in total. The molecule has 1 aliphatic rings. The number of nitrogens with one attached hydrogen (secondary N) is 2. The maximum atomic E-state index is 11.4. The predicted octanol–water partition coefficient (Wildman–Crippen LogP) is 3.69. The number of benzene rings is 2. The first-order valence-electron chi connectivity index (χ1n) is 8.72. The molecule has 4 rings (SSSR count). The first-order valence-corrected chi connectivity index (χ1v) is 8.72. The smallest absolute Gasteiger partial charge is 0.250 e. The van der Waals surface area contributed by atoms with Gasteiger partial charge in [-0.05, 0) is 24.5 Å². The van der Waals surface area contributed by atoms with Gasteiger partial charge in [-0.3, -0.25) is 10.1 Å². The molecule has 26 heavy (non-hydrogen) atoms. The highest BCUT2D eigenvalue weighted by Gasteiger charge is 2.31. The number of aryl methyl sites for hydroxylation is 1. The van der Waals surface area contributed by atoms with Gasteiger partial charge in [0.15, 0.2) is 0 Å². The monoisotopic (exact) mass is 347 g/mol. The third kappa shape index (κ3) is 3.18. The van der Waals surface area contributed by atoms with Crippen molar-refractivity contribution >= 4 is 17.8 Å². The number of aromatic nitrogens is 3. The molecule has 1 amide bonds. The van der Waals surface area contributed by atoms with Crippen molar-refractivity contribution < 1.29 is 4.79 Å². The second-order valence-electron chi connectivity index (χ2n) is 6.65. The van der Waals surface area contributed by atoms with Crippen LogP contribution in [0.15, 0.2) is 54.6 Å². The van der Waals surface area contributed by atoms with Crippen LogP contribution in [0.1, 0.15) is 42.1 Å². The second kappa shape index (κ2) is 6.63. The largest absolute Gasteiger partial charge is 0.347 e. The fourth-order valence-electron chi connectivity index (χ4n) is 3.36. The third-order valence-corrected chi connectivity index (χ3v) is 4.64. The Morgan fingerprint density at radius 2 is 1.85 bits per heavy atom. The summed E-state index contributed by atoms with van der Waals surface area (Å²) in [5.74, 6) is 0.810. The lowest BCUT2D eigenvalue weighted by atomic mass is 9.93. The second-order valence-corrected chi connectivity index (χ2v) is 6.65. The molecule has 0 bridgehead atoms. The minimum absolute atomic E-state index is 0.0482. The summed E-state index contributed by atoms with van der Waals surface area (Å²) in [6, 6.07) is 19.0. The third-order valence-electron chi connectivity index (χ3n) is 4.64. The number of carbonyl (C=O) groups is 1. The number of nitrogens with zero attached hydrogens (tertiary/aromatic N) is 3. The Bertz CT molecular complexity index is 917. The van der Waals surface area contributed by atoms with Crippen molar-refractivity contribution in [2.75, 3.05) is 10.6 Å². The number of hydrogen-bond acceptors (Lipinski definition) is 4. The Hall–Kier alpha value is -3.15. The van der Waals surface area contributed by atoms with Gasteiger partial charge in [0.05, 0.1) is 12.1 Å². The van der Waals surface area contributed by atoms with E-state index in [1.54, 1.807) is 0 Å². The van der Waals surface area contributed by atoms with Crippen molar-refractivity contribution in [2.24, 2.45) is 0 Å². The van der Waals surface area contributed by atoms with Crippen LogP contribution in [0.2, 0.25) is 0 Å². The molecule has 0 fully saturated rings. The predicted molar refractivity (Wildman–Crippen MR) is 101 cm³/mol. The van der Waals surface area contributed by atoms with Crippen LogP contribution in [0.5, 0.6) is 0 Å². The highest BCUT2D eigenvalue weighted by Crippen LogP contribution is 2.38. The molecule has 2 aromatic carbocycles. The van der Waals surface area contributed by atoms with Crippen molar-refractivity contribution in [3.8, 4) is 0 Å². The maximum Gasteiger partial charge on any atom is 0.250 e. The zero-order valence-corrected chi connectivity index (χ0v) is 14.8. The van der Waals surface area contributed by atoms with Crippen LogP contribution in [0.25, 0.3) is 0 Å². The Morgan fingerprint density at radius 3 is 2.54 bits per heavy atom. The Kier molecular flexibility index (Phi) is 4.16. The SMILES string of the molecule is CC(=O)Nc1nc2n(n1)[C@@H](c1ccc(C)cc1)C[C@H](c1ccccc1)N2. The first kappa shape index (κ1) is 16.3. The molecule has 2 atom stereocenters.